The van der Waals surface area contributed by atoms with Crippen LogP contribution in [0.2, 0.25) is 0 Å². The van der Waals surface area contributed by atoms with Gasteiger partial charge in [0.2, 0.25) is 5.88 Å². The van der Waals surface area contributed by atoms with E-state index in [4.69, 9.17) is 4.74 Å². The molecule has 20 heavy (non-hydrogen) atoms. The SMILES string of the molecule is COc1ncccc1C(=O)N(CCO)CC1CCCN1. The van der Waals surface area contributed by atoms with Crippen molar-refractivity contribution in [2.75, 3.05) is 33.4 Å². The lowest BCUT2D eigenvalue weighted by molar-refractivity contribution is 0.0702. The molecule has 1 aliphatic heterocycles. The highest BCUT2D eigenvalue weighted by Gasteiger charge is 2.24. The Morgan fingerprint density at radius 2 is 2.50 bits per heavy atom. The maximum Gasteiger partial charge on any atom is 0.259 e. The topological polar surface area (TPSA) is 74.7 Å². The van der Waals surface area contributed by atoms with Crippen molar-refractivity contribution in [3.8, 4) is 5.88 Å². The van der Waals surface area contributed by atoms with Crippen LogP contribution < -0.4 is 10.1 Å². The van der Waals surface area contributed by atoms with Crippen molar-refractivity contribution in [3.63, 3.8) is 0 Å². The van der Waals surface area contributed by atoms with Crippen molar-refractivity contribution in [1.29, 1.82) is 0 Å². The summed E-state index contributed by atoms with van der Waals surface area (Å²) in [7, 11) is 1.49. The number of amides is 1. The van der Waals surface area contributed by atoms with E-state index in [1.165, 1.54) is 7.11 Å². The van der Waals surface area contributed by atoms with Gasteiger partial charge in [-0.1, -0.05) is 0 Å². The lowest BCUT2D eigenvalue weighted by Crippen LogP contribution is -2.42. The number of pyridine rings is 1. The van der Waals surface area contributed by atoms with Gasteiger partial charge < -0.3 is 20.1 Å². The second-order valence-corrected chi connectivity index (χ2v) is 4.83. The monoisotopic (exact) mass is 279 g/mol. The molecule has 0 radical (unpaired) electrons. The lowest BCUT2D eigenvalue weighted by Gasteiger charge is -2.25. The third-order valence-electron chi connectivity index (χ3n) is 3.46. The predicted octanol–water partition coefficient (Wildman–Crippen LogP) is 0.277. The molecule has 1 aliphatic rings. The molecule has 110 valence electrons. The molecule has 1 saturated heterocycles. The molecular formula is C14H21N3O3. The Bertz CT molecular complexity index is 447. The number of rotatable bonds is 6. The molecule has 2 heterocycles. The maximum absolute atomic E-state index is 12.6. The summed E-state index contributed by atoms with van der Waals surface area (Å²) in [5, 5.41) is 12.5. The summed E-state index contributed by atoms with van der Waals surface area (Å²) in [5.41, 5.74) is 0.432. The fourth-order valence-corrected chi connectivity index (χ4v) is 2.46. The number of methoxy groups -OCH3 is 1. The van der Waals surface area contributed by atoms with Crippen LogP contribution in [0.1, 0.15) is 23.2 Å². The van der Waals surface area contributed by atoms with Gasteiger partial charge in [-0.25, -0.2) is 4.98 Å². The Kier molecular flexibility index (Phi) is 5.31. The van der Waals surface area contributed by atoms with Crippen LogP contribution in [0.4, 0.5) is 0 Å². The molecule has 0 saturated carbocycles. The van der Waals surface area contributed by atoms with Gasteiger partial charge in [-0.15, -0.1) is 0 Å². The molecule has 1 aromatic heterocycles. The second kappa shape index (κ2) is 7.21. The average Bonchev–Trinajstić information content (AvgIpc) is 2.99. The van der Waals surface area contributed by atoms with E-state index in [2.05, 4.69) is 10.3 Å². The summed E-state index contributed by atoms with van der Waals surface area (Å²) in [6, 6.07) is 3.70. The van der Waals surface area contributed by atoms with E-state index in [9.17, 15) is 9.90 Å². The molecule has 2 N–H and O–H groups in total. The zero-order valence-electron chi connectivity index (χ0n) is 11.7. The quantitative estimate of drug-likeness (QED) is 0.782. The van der Waals surface area contributed by atoms with Gasteiger partial charge in [0.25, 0.3) is 5.91 Å². The van der Waals surface area contributed by atoms with Crippen molar-refractivity contribution in [3.05, 3.63) is 23.9 Å². The number of ether oxygens (including phenoxy) is 1. The third-order valence-corrected chi connectivity index (χ3v) is 3.46. The number of aliphatic hydroxyl groups is 1. The van der Waals surface area contributed by atoms with Crippen LogP contribution >= 0.6 is 0 Å². The Balaban J connectivity index is 2.12. The van der Waals surface area contributed by atoms with Crippen molar-refractivity contribution >= 4 is 5.91 Å². The summed E-state index contributed by atoms with van der Waals surface area (Å²) >= 11 is 0. The Hall–Kier alpha value is -1.66. The largest absolute Gasteiger partial charge is 0.480 e. The van der Waals surface area contributed by atoms with Gasteiger partial charge in [-0.3, -0.25) is 4.79 Å². The van der Waals surface area contributed by atoms with Gasteiger partial charge in [-0.05, 0) is 31.5 Å². The van der Waals surface area contributed by atoms with Crippen molar-refractivity contribution in [2.45, 2.75) is 18.9 Å². The van der Waals surface area contributed by atoms with E-state index in [1.54, 1.807) is 23.2 Å². The number of hydrogen-bond acceptors (Lipinski definition) is 5. The van der Waals surface area contributed by atoms with Crippen molar-refractivity contribution in [2.24, 2.45) is 0 Å². The number of carbonyl (C=O) groups is 1. The zero-order chi connectivity index (χ0) is 14.4. The second-order valence-electron chi connectivity index (χ2n) is 4.83. The highest BCUT2D eigenvalue weighted by atomic mass is 16.5. The van der Waals surface area contributed by atoms with E-state index >= 15 is 0 Å². The highest BCUT2D eigenvalue weighted by Crippen LogP contribution is 2.17. The fourth-order valence-electron chi connectivity index (χ4n) is 2.46. The number of aromatic nitrogens is 1. The summed E-state index contributed by atoms with van der Waals surface area (Å²) in [6.07, 6.45) is 3.77. The molecule has 1 atom stereocenters. The molecule has 1 fully saturated rings. The summed E-state index contributed by atoms with van der Waals surface area (Å²) < 4.78 is 5.13. The first-order valence-corrected chi connectivity index (χ1v) is 6.88. The van der Waals surface area contributed by atoms with Crippen LogP contribution in [0, 0.1) is 0 Å². The van der Waals surface area contributed by atoms with Gasteiger partial charge in [0.05, 0.1) is 13.7 Å². The van der Waals surface area contributed by atoms with E-state index in [-0.39, 0.29) is 12.5 Å². The fraction of sp³-hybridized carbons (Fsp3) is 0.571. The van der Waals surface area contributed by atoms with E-state index < -0.39 is 0 Å². The average molecular weight is 279 g/mol. The molecular weight excluding hydrogens is 258 g/mol. The van der Waals surface area contributed by atoms with Gasteiger partial charge in [0.1, 0.15) is 5.56 Å². The number of carbonyl (C=O) groups excluding carboxylic acids is 1. The molecule has 1 unspecified atom stereocenters. The van der Waals surface area contributed by atoms with Gasteiger partial charge in [-0.2, -0.15) is 0 Å². The normalized spacial score (nSPS) is 18.0. The van der Waals surface area contributed by atoms with E-state index in [1.807, 2.05) is 0 Å². The first kappa shape index (κ1) is 14.7. The van der Waals surface area contributed by atoms with Crippen LogP contribution in [0.25, 0.3) is 0 Å². The highest BCUT2D eigenvalue weighted by molar-refractivity contribution is 5.96. The Morgan fingerprint density at radius 1 is 1.65 bits per heavy atom. The Morgan fingerprint density at radius 3 is 3.15 bits per heavy atom. The maximum atomic E-state index is 12.6. The third kappa shape index (κ3) is 3.46. The van der Waals surface area contributed by atoms with Gasteiger partial charge >= 0.3 is 0 Å². The lowest BCUT2D eigenvalue weighted by atomic mass is 10.2. The van der Waals surface area contributed by atoms with Crippen molar-refractivity contribution < 1.29 is 14.6 Å². The van der Waals surface area contributed by atoms with Gasteiger partial charge in [0.15, 0.2) is 0 Å². The minimum absolute atomic E-state index is 0.0545. The molecule has 1 amide bonds. The molecule has 2 rings (SSSR count). The van der Waals surface area contributed by atoms with Crippen LogP contribution in [0.5, 0.6) is 5.88 Å². The first-order chi connectivity index (χ1) is 9.76. The predicted molar refractivity (Wildman–Crippen MR) is 74.8 cm³/mol. The van der Waals surface area contributed by atoms with E-state index in [0.29, 0.717) is 30.6 Å². The molecule has 6 heteroatoms. The van der Waals surface area contributed by atoms with Crippen LogP contribution in [0.15, 0.2) is 18.3 Å². The van der Waals surface area contributed by atoms with Crippen LogP contribution in [0.3, 0.4) is 0 Å². The van der Waals surface area contributed by atoms with E-state index in [0.717, 1.165) is 19.4 Å². The minimum atomic E-state index is -0.155. The van der Waals surface area contributed by atoms with Crippen molar-refractivity contribution in [1.82, 2.24) is 15.2 Å². The Labute approximate surface area is 118 Å². The zero-order valence-corrected chi connectivity index (χ0v) is 11.7. The summed E-state index contributed by atoms with van der Waals surface area (Å²) in [4.78, 5) is 18.3. The smallest absolute Gasteiger partial charge is 0.259 e. The number of aliphatic hydroxyl groups excluding tert-OH is 1. The molecule has 0 aromatic carbocycles. The molecule has 6 nitrogen and oxygen atoms in total. The summed E-state index contributed by atoms with van der Waals surface area (Å²) in [6.45, 7) is 1.84. The number of nitrogens with one attached hydrogen (secondary N) is 1. The standard InChI is InChI=1S/C14H21N3O3/c1-20-13-12(5-3-7-16-13)14(19)17(8-9-18)10-11-4-2-6-15-11/h3,5,7,11,15,18H,2,4,6,8-10H2,1H3. The molecule has 1 aromatic rings. The first-order valence-electron chi connectivity index (χ1n) is 6.88. The molecule has 0 bridgehead atoms. The molecule has 0 spiro atoms. The van der Waals surface area contributed by atoms with Crippen LogP contribution in [-0.4, -0.2) is 60.3 Å². The van der Waals surface area contributed by atoms with Crippen LogP contribution in [-0.2, 0) is 0 Å². The van der Waals surface area contributed by atoms with Gasteiger partial charge in [0, 0.05) is 25.3 Å². The number of nitrogens with zero attached hydrogens (tertiary/aromatic N) is 2. The summed E-state index contributed by atoms with van der Waals surface area (Å²) in [5.74, 6) is 0.164. The molecule has 0 aliphatic carbocycles. The number of hydrogen-bond donors (Lipinski definition) is 2. The minimum Gasteiger partial charge on any atom is -0.480 e.